The predicted molar refractivity (Wildman–Crippen MR) is 377 cm³/mol. The summed E-state index contributed by atoms with van der Waals surface area (Å²) < 4.78 is 68.5. The van der Waals surface area contributed by atoms with E-state index in [9.17, 15) is 43.2 Å². The summed E-state index contributed by atoms with van der Waals surface area (Å²) in [6, 6.07) is 0. The molecule has 19 heteroatoms. The van der Waals surface area contributed by atoms with E-state index in [1.54, 1.807) is 0 Å². The van der Waals surface area contributed by atoms with Gasteiger partial charge in [-0.15, -0.1) is 0 Å². The highest BCUT2D eigenvalue weighted by Gasteiger charge is 2.30. The molecule has 0 aliphatic rings. The van der Waals surface area contributed by atoms with E-state index in [0.29, 0.717) is 25.7 Å². The molecule has 0 spiro atoms. The minimum Gasteiger partial charge on any atom is -0.462 e. The maximum atomic E-state index is 13.1. The number of carbonyl (C=O) groups excluding carboxylic acids is 4. The van der Waals surface area contributed by atoms with Crippen molar-refractivity contribution in [3.05, 3.63) is 0 Å². The number of ether oxygens (including phenoxy) is 4. The molecular formula is C74H144O17P2. The number of rotatable bonds is 71. The molecule has 0 aromatic rings. The lowest BCUT2D eigenvalue weighted by molar-refractivity contribution is -0.161. The highest BCUT2D eigenvalue weighted by Crippen LogP contribution is 2.45. The molecule has 0 rings (SSSR count). The van der Waals surface area contributed by atoms with Crippen LogP contribution in [0.25, 0.3) is 0 Å². The Kier molecular flexibility index (Phi) is 62.2. The van der Waals surface area contributed by atoms with E-state index >= 15 is 0 Å². The summed E-state index contributed by atoms with van der Waals surface area (Å²) in [7, 11) is -9.91. The second-order valence-electron chi connectivity index (χ2n) is 28.4. The van der Waals surface area contributed by atoms with Crippen LogP contribution in [0.4, 0.5) is 0 Å². The summed E-state index contributed by atoms with van der Waals surface area (Å²) in [5, 5.41) is 10.6. The molecule has 0 saturated carbocycles. The molecule has 0 aromatic heterocycles. The first-order valence-corrected chi connectivity index (χ1v) is 41.2. The van der Waals surface area contributed by atoms with E-state index in [-0.39, 0.29) is 25.7 Å². The number of unbranched alkanes of at least 4 members (excludes halogenated alkanes) is 36. The Hall–Kier alpha value is -1.94. The third-order valence-electron chi connectivity index (χ3n) is 17.4. The largest absolute Gasteiger partial charge is 0.472 e. The Morgan fingerprint density at radius 2 is 0.516 bits per heavy atom. The van der Waals surface area contributed by atoms with Crippen LogP contribution in [0.3, 0.4) is 0 Å². The van der Waals surface area contributed by atoms with Gasteiger partial charge in [0.15, 0.2) is 12.2 Å². The van der Waals surface area contributed by atoms with Gasteiger partial charge in [-0.2, -0.15) is 0 Å². The average molecular weight is 1370 g/mol. The fraction of sp³-hybridized carbons (Fsp3) is 0.946. The van der Waals surface area contributed by atoms with Crippen LogP contribution >= 0.6 is 15.6 Å². The monoisotopic (exact) mass is 1370 g/mol. The van der Waals surface area contributed by atoms with E-state index in [1.165, 1.54) is 167 Å². The Morgan fingerprint density at radius 1 is 0.301 bits per heavy atom. The molecule has 6 atom stereocenters. The molecule has 0 radical (unpaired) electrons. The lowest BCUT2D eigenvalue weighted by Crippen LogP contribution is -2.30. The van der Waals surface area contributed by atoms with E-state index < -0.39 is 97.5 Å². The number of hydrogen-bond donors (Lipinski definition) is 3. The predicted octanol–water partition coefficient (Wildman–Crippen LogP) is 21.3. The number of esters is 4. The molecule has 0 amide bonds. The number of aliphatic hydroxyl groups excluding tert-OH is 1. The zero-order valence-electron chi connectivity index (χ0n) is 60.9. The van der Waals surface area contributed by atoms with Gasteiger partial charge in [0, 0.05) is 25.7 Å². The third kappa shape index (κ3) is 67.0. The lowest BCUT2D eigenvalue weighted by atomic mass is 10.00. The number of hydrogen-bond acceptors (Lipinski definition) is 15. The quantitative estimate of drug-likeness (QED) is 0.0222. The minimum absolute atomic E-state index is 0.105. The van der Waals surface area contributed by atoms with Crippen LogP contribution in [0.15, 0.2) is 0 Å². The lowest BCUT2D eigenvalue weighted by Gasteiger charge is -2.21. The van der Waals surface area contributed by atoms with Crippen LogP contribution in [-0.4, -0.2) is 96.7 Å². The fourth-order valence-corrected chi connectivity index (χ4v) is 12.7. The van der Waals surface area contributed by atoms with Gasteiger partial charge in [0.05, 0.1) is 26.4 Å². The molecule has 0 fully saturated rings. The molecule has 0 aliphatic heterocycles. The summed E-state index contributed by atoms with van der Waals surface area (Å²) in [6.45, 7) is 14.2. The van der Waals surface area contributed by atoms with Gasteiger partial charge < -0.3 is 33.8 Å². The van der Waals surface area contributed by atoms with Crippen molar-refractivity contribution in [2.75, 3.05) is 39.6 Å². The van der Waals surface area contributed by atoms with Crippen molar-refractivity contribution in [3.63, 3.8) is 0 Å². The van der Waals surface area contributed by atoms with E-state index in [0.717, 1.165) is 120 Å². The molecule has 3 unspecified atom stereocenters. The van der Waals surface area contributed by atoms with Gasteiger partial charge >= 0.3 is 39.5 Å². The number of aliphatic hydroxyl groups is 1. The Balaban J connectivity index is 5.27. The number of carbonyl (C=O) groups is 4. The van der Waals surface area contributed by atoms with Crippen molar-refractivity contribution < 1.29 is 80.2 Å². The molecule has 552 valence electrons. The van der Waals surface area contributed by atoms with Gasteiger partial charge in [0.2, 0.25) is 0 Å². The minimum atomic E-state index is -4.96. The number of phosphoric ester groups is 2. The maximum absolute atomic E-state index is 13.1. The van der Waals surface area contributed by atoms with Crippen LogP contribution in [0.1, 0.15) is 370 Å². The first-order valence-electron chi connectivity index (χ1n) is 38.2. The zero-order valence-corrected chi connectivity index (χ0v) is 62.7. The third-order valence-corrected chi connectivity index (χ3v) is 19.3. The average Bonchev–Trinajstić information content (AvgIpc) is 2.87. The van der Waals surface area contributed by atoms with Crippen LogP contribution in [-0.2, 0) is 65.4 Å². The van der Waals surface area contributed by atoms with Gasteiger partial charge in [0.25, 0.3) is 0 Å². The highest BCUT2D eigenvalue weighted by atomic mass is 31.2. The SMILES string of the molecule is CCC(C)CCCCCCCCC(=O)OC[C@H](COP(=O)(O)OC[C@H](O)COP(=O)(O)OC[C@@H](COC(=O)CCCCCCCCCCCCCCC(C)C)OC(=O)CCCCCCCCCCCCCCC(C)C)OC(=O)CCCCCCCCCCCCC(C)C. The summed E-state index contributed by atoms with van der Waals surface area (Å²) in [5.74, 6) is 0.918. The van der Waals surface area contributed by atoms with Gasteiger partial charge in [0.1, 0.15) is 19.3 Å². The highest BCUT2D eigenvalue weighted by molar-refractivity contribution is 7.47. The Labute approximate surface area is 568 Å². The van der Waals surface area contributed by atoms with Gasteiger partial charge in [-0.05, 0) is 49.4 Å². The second-order valence-corrected chi connectivity index (χ2v) is 31.3. The van der Waals surface area contributed by atoms with Gasteiger partial charge in [-0.1, -0.05) is 319 Å². The zero-order chi connectivity index (χ0) is 68.9. The van der Waals surface area contributed by atoms with Crippen molar-refractivity contribution in [1.82, 2.24) is 0 Å². The first-order chi connectivity index (χ1) is 44.6. The first kappa shape index (κ1) is 91.1. The van der Waals surface area contributed by atoms with E-state index in [1.807, 2.05) is 0 Å². The molecule has 93 heavy (non-hydrogen) atoms. The summed E-state index contributed by atoms with van der Waals surface area (Å²) in [5.41, 5.74) is 0. The Morgan fingerprint density at radius 3 is 0.763 bits per heavy atom. The van der Waals surface area contributed by atoms with Gasteiger partial charge in [-0.25, -0.2) is 9.13 Å². The maximum Gasteiger partial charge on any atom is 0.472 e. The van der Waals surface area contributed by atoms with Crippen LogP contribution in [0, 0.1) is 23.7 Å². The van der Waals surface area contributed by atoms with Crippen molar-refractivity contribution in [2.24, 2.45) is 23.7 Å². The molecule has 0 saturated heterocycles. The van der Waals surface area contributed by atoms with Crippen LogP contribution < -0.4 is 0 Å². The van der Waals surface area contributed by atoms with Crippen molar-refractivity contribution in [2.45, 2.75) is 388 Å². The van der Waals surface area contributed by atoms with E-state index in [4.69, 9.17) is 37.0 Å². The topological polar surface area (TPSA) is 237 Å². The van der Waals surface area contributed by atoms with Gasteiger partial charge in [-0.3, -0.25) is 37.3 Å². The fourth-order valence-electron chi connectivity index (χ4n) is 11.2. The van der Waals surface area contributed by atoms with Crippen molar-refractivity contribution in [1.29, 1.82) is 0 Å². The smallest absolute Gasteiger partial charge is 0.462 e. The van der Waals surface area contributed by atoms with Crippen molar-refractivity contribution >= 4 is 39.5 Å². The second kappa shape index (κ2) is 63.5. The summed E-state index contributed by atoms with van der Waals surface area (Å²) in [6.07, 6.45) is 47.1. The van der Waals surface area contributed by atoms with Crippen LogP contribution in [0.5, 0.6) is 0 Å². The Bertz CT molecular complexity index is 1840. The van der Waals surface area contributed by atoms with E-state index in [2.05, 4.69) is 55.4 Å². The molecule has 0 heterocycles. The normalized spacial score (nSPS) is 14.5. The van der Waals surface area contributed by atoms with Crippen molar-refractivity contribution in [3.8, 4) is 0 Å². The summed E-state index contributed by atoms with van der Waals surface area (Å²) >= 11 is 0. The molecule has 0 aliphatic carbocycles. The molecule has 3 N–H and O–H groups in total. The molecule has 0 bridgehead atoms. The number of phosphoric acid groups is 2. The summed E-state index contributed by atoms with van der Waals surface area (Å²) in [4.78, 5) is 72.7. The molecule has 0 aromatic carbocycles. The van der Waals surface area contributed by atoms with Crippen LogP contribution in [0.2, 0.25) is 0 Å². The molecular weight excluding hydrogens is 1220 g/mol. The molecule has 17 nitrogen and oxygen atoms in total. The standard InChI is InChI=1S/C74H144O17P2/c1-9-67(8)53-45-37-32-33-39-47-55-72(77)85-61-70(91-74(79)57-49-41-31-25-19-18-22-28-36-44-52-66(6)7)63-89-93(82,83)87-59-68(75)58-86-92(80,81)88-62-69(90-73(78)56-48-40-30-24-17-13-11-15-21-27-35-43-51-65(4)5)60-84-71(76)54-46-38-29-23-16-12-10-14-20-26-34-42-50-64(2)3/h64-70,75H,9-63H2,1-8H3,(H,80,81)(H,82,83)/t67?,68-,69-,70-/m1/s1.